The zero-order valence-electron chi connectivity index (χ0n) is 17.2. The highest BCUT2D eigenvalue weighted by Crippen LogP contribution is 2.36. The van der Waals surface area contributed by atoms with E-state index >= 15 is 0 Å². The van der Waals surface area contributed by atoms with Crippen molar-refractivity contribution in [2.24, 2.45) is 5.92 Å². The van der Waals surface area contributed by atoms with Crippen LogP contribution in [0.3, 0.4) is 0 Å². The number of fused-ring (bicyclic) bond motifs is 3. The molecule has 1 aliphatic carbocycles. The summed E-state index contributed by atoms with van der Waals surface area (Å²) in [4.78, 5) is 32.2. The van der Waals surface area contributed by atoms with Gasteiger partial charge in [0, 0.05) is 29.3 Å². The highest BCUT2D eigenvalue weighted by Gasteiger charge is 2.24. The van der Waals surface area contributed by atoms with Crippen LogP contribution >= 0.6 is 22.9 Å². The van der Waals surface area contributed by atoms with E-state index in [-0.39, 0.29) is 17.9 Å². The Morgan fingerprint density at radius 1 is 1.40 bits per heavy atom. The molecule has 0 saturated carbocycles. The second-order valence-electron chi connectivity index (χ2n) is 8.00. The molecule has 0 amide bonds. The van der Waals surface area contributed by atoms with Crippen molar-refractivity contribution in [2.75, 3.05) is 7.11 Å². The average molecular weight is 445 g/mol. The largest absolute Gasteiger partial charge is 0.469 e. The number of methoxy groups -OCH3 is 1. The predicted octanol–water partition coefficient (Wildman–Crippen LogP) is 4.78. The first-order chi connectivity index (χ1) is 14.5. The third kappa shape index (κ3) is 4.30. The lowest BCUT2D eigenvalue weighted by Crippen LogP contribution is -2.26. The van der Waals surface area contributed by atoms with Crippen LogP contribution in [0.25, 0.3) is 10.2 Å². The van der Waals surface area contributed by atoms with E-state index in [9.17, 15) is 9.59 Å². The van der Waals surface area contributed by atoms with Crippen molar-refractivity contribution < 1.29 is 9.53 Å². The molecule has 0 bridgehead atoms. The molecule has 0 N–H and O–H groups in total. The summed E-state index contributed by atoms with van der Waals surface area (Å²) in [7, 11) is 1.38. The van der Waals surface area contributed by atoms with E-state index < -0.39 is 0 Å². The van der Waals surface area contributed by atoms with Gasteiger partial charge in [-0.15, -0.1) is 11.3 Å². The Morgan fingerprint density at radius 2 is 2.23 bits per heavy atom. The lowest BCUT2D eigenvalue weighted by Gasteiger charge is -2.18. The normalized spacial score (nSPS) is 15.9. The second kappa shape index (κ2) is 8.90. The van der Waals surface area contributed by atoms with E-state index in [0.717, 1.165) is 35.0 Å². The number of carbonyl (C=O) groups is 1. The molecule has 0 fully saturated rings. The van der Waals surface area contributed by atoms with E-state index in [4.69, 9.17) is 21.3 Å². The van der Waals surface area contributed by atoms with Crippen LogP contribution in [-0.4, -0.2) is 22.6 Å². The highest BCUT2D eigenvalue weighted by atomic mass is 35.5. The van der Waals surface area contributed by atoms with Gasteiger partial charge in [-0.3, -0.25) is 14.2 Å². The molecule has 3 aromatic rings. The van der Waals surface area contributed by atoms with Gasteiger partial charge in [0.1, 0.15) is 10.7 Å². The van der Waals surface area contributed by atoms with Gasteiger partial charge in [-0.25, -0.2) is 4.98 Å². The molecule has 1 unspecified atom stereocenters. The van der Waals surface area contributed by atoms with Gasteiger partial charge in [-0.05, 0) is 54.9 Å². The van der Waals surface area contributed by atoms with Gasteiger partial charge in [-0.2, -0.15) is 0 Å². The van der Waals surface area contributed by atoms with Crippen LogP contribution in [0.4, 0.5) is 0 Å². The van der Waals surface area contributed by atoms with Gasteiger partial charge in [0.2, 0.25) is 0 Å². The first-order valence-corrected chi connectivity index (χ1v) is 11.5. The monoisotopic (exact) mass is 444 g/mol. The predicted molar refractivity (Wildman–Crippen MR) is 121 cm³/mol. The van der Waals surface area contributed by atoms with Gasteiger partial charge in [0.25, 0.3) is 5.56 Å². The molecule has 158 valence electrons. The number of aryl methyl sites for hydroxylation is 1. The maximum atomic E-state index is 13.6. The Labute approximate surface area is 184 Å². The zero-order chi connectivity index (χ0) is 21.3. The molecule has 0 aliphatic heterocycles. The molecule has 0 spiro atoms. The SMILES string of the molecule is COC(=O)CCCn1c(Cc2cccc(Cl)c2)nc2sc3c(c2c1=O)CCC(C)C3. The van der Waals surface area contributed by atoms with Crippen LogP contribution in [0, 0.1) is 5.92 Å². The Bertz CT molecular complexity index is 1150. The topological polar surface area (TPSA) is 61.2 Å². The molecule has 5 nitrogen and oxygen atoms in total. The van der Waals surface area contributed by atoms with Crippen molar-refractivity contribution in [3.8, 4) is 0 Å². The smallest absolute Gasteiger partial charge is 0.305 e. The number of carbonyl (C=O) groups excluding carboxylic acids is 1. The third-order valence-electron chi connectivity index (χ3n) is 5.74. The molecule has 2 aromatic heterocycles. The van der Waals surface area contributed by atoms with Crippen LogP contribution in [-0.2, 0) is 35.3 Å². The van der Waals surface area contributed by atoms with Crippen molar-refractivity contribution in [2.45, 2.75) is 52.0 Å². The number of hydrogen-bond acceptors (Lipinski definition) is 5. The molecule has 1 aromatic carbocycles. The maximum absolute atomic E-state index is 13.6. The summed E-state index contributed by atoms with van der Waals surface area (Å²) < 4.78 is 6.49. The van der Waals surface area contributed by atoms with Crippen LogP contribution in [0.2, 0.25) is 5.02 Å². The van der Waals surface area contributed by atoms with Crippen LogP contribution < -0.4 is 5.56 Å². The molecule has 30 heavy (non-hydrogen) atoms. The summed E-state index contributed by atoms with van der Waals surface area (Å²) in [6, 6.07) is 7.63. The van der Waals surface area contributed by atoms with Crippen LogP contribution in [0.5, 0.6) is 0 Å². The van der Waals surface area contributed by atoms with E-state index in [0.29, 0.717) is 36.2 Å². The van der Waals surface area contributed by atoms with Crippen molar-refractivity contribution in [1.29, 1.82) is 0 Å². The molecule has 1 aliphatic rings. The Morgan fingerprint density at radius 3 is 3.00 bits per heavy atom. The number of hydrogen-bond donors (Lipinski definition) is 0. The minimum atomic E-state index is -0.268. The molecule has 2 heterocycles. The summed E-state index contributed by atoms with van der Waals surface area (Å²) in [5.74, 6) is 1.08. The standard InChI is InChI=1S/C23H25ClN2O3S/c1-14-8-9-17-18(11-14)30-22-21(17)23(28)26(10-4-7-20(27)29-2)19(25-22)13-15-5-3-6-16(24)12-15/h3,5-6,12,14H,4,7-11,13H2,1-2H3. The van der Waals surface area contributed by atoms with Crippen molar-refractivity contribution in [3.63, 3.8) is 0 Å². The number of rotatable bonds is 6. The fraction of sp³-hybridized carbons (Fsp3) is 0.435. The second-order valence-corrected chi connectivity index (χ2v) is 9.52. The van der Waals surface area contributed by atoms with E-state index in [1.54, 1.807) is 15.9 Å². The minimum absolute atomic E-state index is 0.00828. The molecule has 0 saturated heterocycles. The summed E-state index contributed by atoms with van der Waals surface area (Å²) in [5.41, 5.74) is 2.20. The van der Waals surface area contributed by atoms with Crippen LogP contribution in [0.1, 0.15) is 48.0 Å². The fourth-order valence-corrected chi connectivity index (χ4v) is 5.75. The summed E-state index contributed by atoms with van der Waals surface area (Å²) in [6.45, 7) is 2.70. The number of nitrogens with zero attached hydrogens (tertiary/aromatic N) is 2. The summed E-state index contributed by atoms with van der Waals surface area (Å²) in [6.07, 6.45) is 4.38. The Hall–Kier alpha value is -2.18. The zero-order valence-corrected chi connectivity index (χ0v) is 18.8. The summed E-state index contributed by atoms with van der Waals surface area (Å²) >= 11 is 7.82. The van der Waals surface area contributed by atoms with E-state index in [1.165, 1.54) is 17.6 Å². The van der Waals surface area contributed by atoms with E-state index in [1.807, 2.05) is 24.3 Å². The van der Waals surface area contributed by atoms with Gasteiger partial charge in [0.15, 0.2) is 0 Å². The first kappa shape index (κ1) is 21.1. The number of aromatic nitrogens is 2. The number of esters is 1. The average Bonchev–Trinajstić information content (AvgIpc) is 3.07. The van der Waals surface area contributed by atoms with Gasteiger partial charge < -0.3 is 4.74 Å². The van der Waals surface area contributed by atoms with Crippen molar-refractivity contribution >= 4 is 39.1 Å². The molecule has 1 atom stereocenters. The molecule has 4 rings (SSSR count). The Kier molecular flexibility index (Phi) is 6.25. The number of thiophene rings is 1. The van der Waals surface area contributed by atoms with Crippen molar-refractivity contribution in [3.05, 3.63) is 61.5 Å². The van der Waals surface area contributed by atoms with E-state index in [2.05, 4.69) is 6.92 Å². The maximum Gasteiger partial charge on any atom is 0.305 e. The summed E-state index contributed by atoms with van der Waals surface area (Å²) in [5, 5.41) is 1.43. The van der Waals surface area contributed by atoms with Gasteiger partial charge in [0.05, 0.1) is 12.5 Å². The quantitative estimate of drug-likeness (QED) is 0.513. The van der Waals surface area contributed by atoms with Gasteiger partial charge >= 0.3 is 5.97 Å². The third-order valence-corrected chi connectivity index (χ3v) is 7.12. The first-order valence-electron chi connectivity index (χ1n) is 10.3. The lowest BCUT2D eigenvalue weighted by molar-refractivity contribution is -0.140. The molecule has 0 radical (unpaired) electrons. The molecular formula is C23H25ClN2O3S. The number of benzene rings is 1. The van der Waals surface area contributed by atoms with Crippen molar-refractivity contribution in [1.82, 2.24) is 9.55 Å². The molecular weight excluding hydrogens is 420 g/mol. The number of ether oxygens (including phenoxy) is 1. The highest BCUT2D eigenvalue weighted by molar-refractivity contribution is 7.18. The molecule has 7 heteroatoms. The minimum Gasteiger partial charge on any atom is -0.469 e. The fourth-order valence-electron chi connectivity index (χ4n) is 4.14. The van der Waals surface area contributed by atoms with Crippen LogP contribution in [0.15, 0.2) is 29.1 Å². The van der Waals surface area contributed by atoms with Gasteiger partial charge in [-0.1, -0.05) is 30.7 Å². The number of halogens is 1. The lowest BCUT2D eigenvalue weighted by atomic mass is 9.89. The Balaban J connectivity index is 1.77.